The van der Waals surface area contributed by atoms with Crippen LogP contribution in [-0.2, 0) is 20.9 Å². The van der Waals surface area contributed by atoms with E-state index in [0.717, 1.165) is 15.8 Å². The van der Waals surface area contributed by atoms with Crippen LogP contribution in [0.2, 0.25) is 0 Å². The Kier molecular flexibility index (Phi) is 6.20. The first-order valence-electron chi connectivity index (χ1n) is 8.68. The van der Waals surface area contributed by atoms with Gasteiger partial charge in [0.25, 0.3) is 5.91 Å². The molecule has 6 nitrogen and oxygen atoms in total. The fraction of sp³-hybridized carbons (Fsp3) is 0.250. The molecule has 1 amide bonds. The molecule has 1 heterocycles. The van der Waals surface area contributed by atoms with Crippen LogP contribution in [0, 0.1) is 12.7 Å². The largest absolute Gasteiger partial charge is 0.484 e. The summed E-state index contributed by atoms with van der Waals surface area (Å²) in [6.45, 7) is 3.64. The number of rotatable bonds is 6. The minimum atomic E-state index is -0.509. The molecule has 0 spiro atoms. The number of esters is 1. The van der Waals surface area contributed by atoms with Gasteiger partial charge in [-0.25, -0.2) is 4.39 Å². The van der Waals surface area contributed by atoms with Gasteiger partial charge in [0.15, 0.2) is 11.4 Å². The van der Waals surface area contributed by atoms with Crippen molar-refractivity contribution in [3.63, 3.8) is 0 Å². The number of thiazole rings is 1. The lowest BCUT2D eigenvalue weighted by Crippen LogP contribution is -2.24. The highest BCUT2D eigenvalue weighted by atomic mass is 32.1. The molecule has 0 saturated carbocycles. The molecule has 0 aliphatic carbocycles. The Morgan fingerprint density at radius 1 is 1.18 bits per heavy atom. The Hall–Kier alpha value is -3.00. The summed E-state index contributed by atoms with van der Waals surface area (Å²) < 4.78 is 25.9. The van der Waals surface area contributed by atoms with Crippen molar-refractivity contribution in [1.82, 2.24) is 4.57 Å². The van der Waals surface area contributed by atoms with Gasteiger partial charge in [-0.2, -0.15) is 4.99 Å². The highest BCUT2D eigenvalue weighted by Crippen LogP contribution is 2.19. The summed E-state index contributed by atoms with van der Waals surface area (Å²) in [4.78, 5) is 28.7. The van der Waals surface area contributed by atoms with Crippen LogP contribution in [0.3, 0.4) is 0 Å². The first-order chi connectivity index (χ1) is 13.5. The number of amides is 1. The Balaban J connectivity index is 1.87. The summed E-state index contributed by atoms with van der Waals surface area (Å²) in [5, 5.41) is 0. The average Bonchev–Trinajstić information content (AvgIpc) is 2.97. The molecule has 28 heavy (non-hydrogen) atoms. The summed E-state index contributed by atoms with van der Waals surface area (Å²) in [6, 6.07) is 11.2. The maximum Gasteiger partial charge on any atom is 0.326 e. The summed E-state index contributed by atoms with van der Waals surface area (Å²) in [5.41, 5.74) is 1.87. The molecule has 0 fully saturated rings. The molecule has 0 aliphatic rings. The zero-order chi connectivity index (χ0) is 20.1. The maximum absolute atomic E-state index is 12.9. The third-order valence-corrected chi connectivity index (χ3v) is 4.87. The number of halogens is 1. The Labute approximate surface area is 164 Å². The van der Waals surface area contributed by atoms with E-state index < -0.39 is 11.9 Å². The van der Waals surface area contributed by atoms with Crippen LogP contribution >= 0.6 is 11.3 Å². The van der Waals surface area contributed by atoms with Crippen LogP contribution in [0.5, 0.6) is 5.75 Å². The van der Waals surface area contributed by atoms with Crippen molar-refractivity contribution in [1.29, 1.82) is 0 Å². The fourth-order valence-electron chi connectivity index (χ4n) is 2.57. The van der Waals surface area contributed by atoms with Crippen molar-refractivity contribution < 1.29 is 23.5 Å². The predicted octanol–water partition coefficient (Wildman–Crippen LogP) is 3.22. The molecule has 1 aromatic heterocycles. The molecule has 0 aliphatic heterocycles. The number of aromatic nitrogens is 1. The first-order valence-corrected chi connectivity index (χ1v) is 9.49. The van der Waals surface area contributed by atoms with Gasteiger partial charge < -0.3 is 14.0 Å². The lowest BCUT2D eigenvalue weighted by Gasteiger charge is -2.05. The second kappa shape index (κ2) is 8.79. The minimum Gasteiger partial charge on any atom is -0.484 e. The van der Waals surface area contributed by atoms with Gasteiger partial charge in [0.05, 0.1) is 16.8 Å². The third-order valence-electron chi connectivity index (χ3n) is 3.83. The van der Waals surface area contributed by atoms with Gasteiger partial charge in [-0.15, -0.1) is 0 Å². The number of hydrogen-bond donors (Lipinski definition) is 0. The van der Waals surface area contributed by atoms with E-state index in [1.54, 1.807) is 11.5 Å². The van der Waals surface area contributed by atoms with Crippen LogP contribution in [0.1, 0.15) is 12.5 Å². The Bertz CT molecular complexity index is 1070. The molecule has 3 rings (SSSR count). The van der Waals surface area contributed by atoms with E-state index in [-0.39, 0.29) is 25.6 Å². The molecular formula is C20H19FN2O4S. The van der Waals surface area contributed by atoms with Gasteiger partial charge in [-0.1, -0.05) is 17.4 Å². The van der Waals surface area contributed by atoms with Gasteiger partial charge >= 0.3 is 5.97 Å². The van der Waals surface area contributed by atoms with Crippen molar-refractivity contribution in [2.45, 2.75) is 20.4 Å². The molecule has 146 valence electrons. The summed E-state index contributed by atoms with van der Waals surface area (Å²) in [6.07, 6.45) is 0. The normalized spacial score (nSPS) is 11.6. The van der Waals surface area contributed by atoms with E-state index in [2.05, 4.69) is 4.99 Å². The van der Waals surface area contributed by atoms with Gasteiger partial charge in [-0.05, 0) is 55.8 Å². The summed E-state index contributed by atoms with van der Waals surface area (Å²) >= 11 is 1.31. The lowest BCUT2D eigenvalue weighted by molar-refractivity contribution is -0.143. The zero-order valence-corrected chi connectivity index (χ0v) is 16.3. The molecule has 0 unspecified atom stereocenters. The highest BCUT2D eigenvalue weighted by molar-refractivity contribution is 7.16. The van der Waals surface area contributed by atoms with E-state index in [1.807, 2.05) is 25.1 Å². The topological polar surface area (TPSA) is 69.9 Å². The predicted molar refractivity (Wildman–Crippen MR) is 104 cm³/mol. The molecule has 0 atom stereocenters. The standard InChI is InChI=1S/C20H19FN2O4S/c1-3-26-19(25)11-23-16-9-4-13(2)10-17(16)28-20(23)22-18(24)12-27-15-7-5-14(21)6-8-15/h4-10H,3,11-12H2,1-2H3. The monoisotopic (exact) mass is 402 g/mol. The van der Waals surface area contributed by atoms with Gasteiger partial charge in [0, 0.05) is 0 Å². The molecule has 3 aromatic rings. The first kappa shape index (κ1) is 19.8. The Morgan fingerprint density at radius 2 is 1.93 bits per heavy atom. The number of benzene rings is 2. The van der Waals surface area contributed by atoms with Crippen molar-refractivity contribution in [2.75, 3.05) is 13.2 Å². The molecule has 0 bridgehead atoms. The molecule has 0 saturated heterocycles. The van der Waals surface area contributed by atoms with E-state index >= 15 is 0 Å². The smallest absolute Gasteiger partial charge is 0.326 e. The number of carbonyl (C=O) groups is 2. The second-order valence-electron chi connectivity index (χ2n) is 6.00. The van der Waals surface area contributed by atoms with Crippen molar-refractivity contribution in [3.05, 3.63) is 58.6 Å². The van der Waals surface area contributed by atoms with Gasteiger partial charge in [0.1, 0.15) is 18.1 Å². The fourth-order valence-corrected chi connectivity index (χ4v) is 3.71. The quantitative estimate of drug-likeness (QED) is 0.594. The van der Waals surface area contributed by atoms with E-state index in [1.165, 1.54) is 35.6 Å². The van der Waals surface area contributed by atoms with Crippen molar-refractivity contribution >= 4 is 33.4 Å². The van der Waals surface area contributed by atoms with E-state index in [0.29, 0.717) is 10.6 Å². The summed E-state index contributed by atoms with van der Waals surface area (Å²) in [7, 11) is 0. The third kappa shape index (κ3) is 4.83. The molecule has 0 radical (unpaired) electrons. The second-order valence-corrected chi connectivity index (χ2v) is 7.00. The van der Waals surface area contributed by atoms with Crippen molar-refractivity contribution in [3.8, 4) is 5.75 Å². The average molecular weight is 402 g/mol. The number of nitrogens with zero attached hydrogens (tertiary/aromatic N) is 2. The molecular weight excluding hydrogens is 383 g/mol. The number of ether oxygens (including phenoxy) is 2. The molecule has 2 aromatic carbocycles. The van der Waals surface area contributed by atoms with Crippen LogP contribution in [0.15, 0.2) is 47.5 Å². The van der Waals surface area contributed by atoms with Crippen LogP contribution in [-0.4, -0.2) is 29.7 Å². The van der Waals surface area contributed by atoms with Crippen LogP contribution < -0.4 is 9.54 Å². The summed E-state index contributed by atoms with van der Waals surface area (Å²) in [5.74, 6) is -0.926. The number of hydrogen-bond acceptors (Lipinski definition) is 5. The van der Waals surface area contributed by atoms with Crippen LogP contribution in [0.4, 0.5) is 4.39 Å². The SMILES string of the molecule is CCOC(=O)Cn1c(=NC(=O)COc2ccc(F)cc2)sc2cc(C)ccc21. The zero-order valence-electron chi connectivity index (χ0n) is 15.5. The van der Waals surface area contributed by atoms with Crippen molar-refractivity contribution in [2.24, 2.45) is 4.99 Å². The lowest BCUT2D eigenvalue weighted by atomic mass is 10.2. The number of aryl methyl sites for hydroxylation is 1. The highest BCUT2D eigenvalue weighted by Gasteiger charge is 2.12. The number of carbonyl (C=O) groups excluding carboxylic acids is 2. The maximum atomic E-state index is 12.9. The number of fused-ring (bicyclic) bond motifs is 1. The van der Waals surface area contributed by atoms with E-state index in [9.17, 15) is 14.0 Å². The van der Waals surface area contributed by atoms with E-state index in [4.69, 9.17) is 9.47 Å². The van der Waals surface area contributed by atoms with Gasteiger partial charge in [-0.3, -0.25) is 9.59 Å². The molecule has 0 N–H and O–H groups in total. The van der Waals surface area contributed by atoms with Gasteiger partial charge in [0.2, 0.25) is 0 Å². The molecule has 8 heteroatoms. The Morgan fingerprint density at radius 3 is 2.64 bits per heavy atom. The van der Waals surface area contributed by atoms with Crippen LogP contribution in [0.25, 0.3) is 10.2 Å². The minimum absolute atomic E-state index is 0.0398.